The van der Waals surface area contributed by atoms with Crippen LogP contribution in [-0.4, -0.2) is 19.3 Å². The molecule has 0 saturated heterocycles. The van der Waals surface area contributed by atoms with Crippen LogP contribution in [-0.2, 0) is 0 Å². The van der Waals surface area contributed by atoms with Crippen molar-refractivity contribution >= 4 is 0 Å². The van der Waals surface area contributed by atoms with Crippen LogP contribution in [0, 0.1) is 5.41 Å². The molecule has 4 heteroatoms. The lowest BCUT2D eigenvalue weighted by Crippen LogP contribution is -2.49. The molecule has 0 bridgehead atoms. The Balaban J connectivity index is 4.43. The molecule has 0 unspecified atom stereocenters. The van der Waals surface area contributed by atoms with Gasteiger partial charge in [-0.05, 0) is 12.5 Å². The lowest BCUT2D eigenvalue weighted by molar-refractivity contribution is -0.176. The van der Waals surface area contributed by atoms with Gasteiger partial charge < -0.3 is 5.32 Å². The molecule has 0 aliphatic rings. The van der Waals surface area contributed by atoms with E-state index in [1.807, 2.05) is 0 Å². The Labute approximate surface area is 65.0 Å². The van der Waals surface area contributed by atoms with Crippen LogP contribution < -0.4 is 5.32 Å². The fourth-order valence-corrected chi connectivity index (χ4v) is 1.09. The predicted molar refractivity (Wildman–Crippen MR) is 38.4 cm³/mol. The van der Waals surface area contributed by atoms with Gasteiger partial charge >= 0.3 is 6.18 Å². The summed E-state index contributed by atoms with van der Waals surface area (Å²) in [5.41, 5.74) is -0.785. The van der Waals surface area contributed by atoms with Crippen LogP contribution in [0.2, 0.25) is 0 Å². The topological polar surface area (TPSA) is 12.0 Å². The first kappa shape index (κ1) is 10.8. The Morgan fingerprint density at radius 1 is 1.09 bits per heavy atom. The van der Waals surface area contributed by atoms with E-state index in [9.17, 15) is 13.2 Å². The molecule has 0 amide bonds. The molecule has 0 fully saturated rings. The van der Waals surface area contributed by atoms with E-state index in [1.54, 1.807) is 20.8 Å². The van der Waals surface area contributed by atoms with Crippen LogP contribution in [0.1, 0.15) is 20.8 Å². The second-order valence-electron chi connectivity index (χ2n) is 3.63. The lowest BCUT2D eigenvalue weighted by atomic mass is 9.86. The number of hydrogen-bond donors (Lipinski definition) is 1. The molecule has 0 aromatic carbocycles. The smallest absolute Gasteiger partial charge is 0.309 e. The SMILES string of the molecule is CN[C@H](C(C)(C)C)C(F)(F)F. The maximum absolute atomic E-state index is 12.2. The molecular weight excluding hydrogens is 155 g/mol. The van der Waals surface area contributed by atoms with Gasteiger partial charge in [-0.15, -0.1) is 0 Å². The van der Waals surface area contributed by atoms with Gasteiger partial charge in [0.05, 0.1) is 0 Å². The van der Waals surface area contributed by atoms with E-state index in [0.29, 0.717) is 0 Å². The Morgan fingerprint density at radius 2 is 1.45 bits per heavy atom. The largest absolute Gasteiger partial charge is 0.404 e. The number of rotatable bonds is 1. The van der Waals surface area contributed by atoms with Gasteiger partial charge in [0.2, 0.25) is 0 Å². The molecule has 1 N–H and O–H groups in total. The van der Waals surface area contributed by atoms with Crippen molar-refractivity contribution in [2.45, 2.75) is 33.0 Å². The number of halogens is 3. The zero-order valence-electron chi connectivity index (χ0n) is 7.21. The van der Waals surface area contributed by atoms with Crippen LogP contribution in [0.25, 0.3) is 0 Å². The number of alkyl halides is 3. The molecule has 1 atom stereocenters. The molecule has 0 aromatic rings. The molecule has 68 valence electrons. The molecule has 0 aliphatic carbocycles. The van der Waals surface area contributed by atoms with E-state index in [4.69, 9.17) is 0 Å². The van der Waals surface area contributed by atoms with E-state index in [-0.39, 0.29) is 0 Å². The van der Waals surface area contributed by atoms with Crippen LogP contribution in [0.5, 0.6) is 0 Å². The van der Waals surface area contributed by atoms with E-state index >= 15 is 0 Å². The quantitative estimate of drug-likeness (QED) is 0.634. The van der Waals surface area contributed by atoms with E-state index in [0.717, 1.165) is 0 Å². The van der Waals surface area contributed by atoms with Gasteiger partial charge in [0.15, 0.2) is 0 Å². The summed E-state index contributed by atoms with van der Waals surface area (Å²) in [6.07, 6.45) is -4.16. The first-order chi connectivity index (χ1) is 4.69. The van der Waals surface area contributed by atoms with Gasteiger partial charge in [-0.25, -0.2) is 0 Å². The lowest BCUT2D eigenvalue weighted by Gasteiger charge is -2.31. The average molecular weight is 169 g/mol. The molecular formula is C7H14F3N. The Morgan fingerprint density at radius 3 is 1.45 bits per heavy atom. The fourth-order valence-electron chi connectivity index (χ4n) is 1.09. The first-order valence-corrected chi connectivity index (χ1v) is 3.43. The summed E-state index contributed by atoms with van der Waals surface area (Å²) in [6, 6.07) is -1.44. The highest BCUT2D eigenvalue weighted by molar-refractivity contribution is 4.85. The number of hydrogen-bond acceptors (Lipinski definition) is 1. The summed E-state index contributed by atoms with van der Waals surface area (Å²) >= 11 is 0. The minimum Gasteiger partial charge on any atom is -0.309 e. The zero-order chi connectivity index (χ0) is 9.28. The summed E-state index contributed by atoms with van der Waals surface area (Å²) < 4.78 is 36.5. The normalized spacial score (nSPS) is 16.6. The summed E-state index contributed by atoms with van der Waals surface area (Å²) in [7, 11) is 1.32. The molecule has 11 heavy (non-hydrogen) atoms. The van der Waals surface area contributed by atoms with Crippen molar-refractivity contribution < 1.29 is 13.2 Å². The minimum absolute atomic E-state index is 0.785. The van der Waals surface area contributed by atoms with Gasteiger partial charge in [0.1, 0.15) is 6.04 Å². The van der Waals surface area contributed by atoms with Gasteiger partial charge in [0, 0.05) is 0 Å². The highest BCUT2D eigenvalue weighted by Gasteiger charge is 2.45. The first-order valence-electron chi connectivity index (χ1n) is 3.43. The van der Waals surface area contributed by atoms with Crippen LogP contribution >= 0.6 is 0 Å². The van der Waals surface area contributed by atoms with Crippen molar-refractivity contribution in [1.29, 1.82) is 0 Å². The van der Waals surface area contributed by atoms with Crippen molar-refractivity contribution in [3.63, 3.8) is 0 Å². The highest BCUT2D eigenvalue weighted by Crippen LogP contribution is 2.32. The molecule has 0 heterocycles. The van der Waals surface area contributed by atoms with Gasteiger partial charge in [0.25, 0.3) is 0 Å². The second kappa shape index (κ2) is 3.01. The van der Waals surface area contributed by atoms with Crippen molar-refractivity contribution in [3.8, 4) is 0 Å². The molecule has 0 saturated carbocycles. The standard InChI is InChI=1S/C7H14F3N/c1-6(2,3)5(11-4)7(8,9)10/h5,11H,1-4H3/t5-/m1/s1. The van der Waals surface area contributed by atoms with Crippen molar-refractivity contribution in [3.05, 3.63) is 0 Å². The van der Waals surface area contributed by atoms with Crippen LogP contribution in [0.15, 0.2) is 0 Å². The Bertz CT molecular complexity index is 109. The van der Waals surface area contributed by atoms with Crippen molar-refractivity contribution in [2.24, 2.45) is 5.41 Å². The molecule has 1 nitrogen and oxygen atoms in total. The monoisotopic (exact) mass is 169 g/mol. The molecule has 0 aliphatic heterocycles. The minimum atomic E-state index is -4.16. The van der Waals surface area contributed by atoms with Crippen molar-refractivity contribution in [2.75, 3.05) is 7.05 Å². The van der Waals surface area contributed by atoms with Gasteiger partial charge in [-0.1, -0.05) is 20.8 Å². The van der Waals surface area contributed by atoms with Crippen LogP contribution in [0.4, 0.5) is 13.2 Å². The Hall–Kier alpha value is -0.250. The third-order valence-electron chi connectivity index (χ3n) is 1.48. The summed E-state index contributed by atoms with van der Waals surface area (Å²) in [5.74, 6) is 0. The molecule has 0 radical (unpaired) electrons. The van der Waals surface area contributed by atoms with Crippen molar-refractivity contribution in [1.82, 2.24) is 5.32 Å². The third kappa shape index (κ3) is 3.10. The fraction of sp³-hybridized carbons (Fsp3) is 1.00. The molecule has 0 aromatic heterocycles. The molecule has 0 rings (SSSR count). The van der Waals surface area contributed by atoms with E-state index in [2.05, 4.69) is 5.32 Å². The van der Waals surface area contributed by atoms with Gasteiger partial charge in [-0.2, -0.15) is 13.2 Å². The summed E-state index contributed by atoms with van der Waals surface area (Å²) in [5, 5.41) is 2.26. The van der Waals surface area contributed by atoms with E-state index in [1.165, 1.54) is 7.05 Å². The zero-order valence-corrected chi connectivity index (χ0v) is 7.21. The highest BCUT2D eigenvalue weighted by atomic mass is 19.4. The third-order valence-corrected chi connectivity index (χ3v) is 1.48. The Kier molecular flexibility index (Phi) is 2.94. The van der Waals surface area contributed by atoms with Gasteiger partial charge in [-0.3, -0.25) is 0 Å². The average Bonchev–Trinajstić information content (AvgIpc) is 1.56. The maximum Gasteiger partial charge on any atom is 0.404 e. The maximum atomic E-state index is 12.2. The second-order valence-corrected chi connectivity index (χ2v) is 3.63. The molecule has 0 spiro atoms. The number of nitrogens with one attached hydrogen (secondary N) is 1. The van der Waals surface area contributed by atoms with E-state index < -0.39 is 17.6 Å². The summed E-state index contributed by atoms with van der Waals surface area (Å²) in [6.45, 7) is 4.67. The predicted octanol–water partition coefficient (Wildman–Crippen LogP) is 2.18. The van der Waals surface area contributed by atoms with Crippen LogP contribution in [0.3, 0.4) is 0 Å². The summed E-state index contributed by atoms with van der Waals surface area (Å²) in [4.78, 5) is 0.